The molecule has 0 aromatic heterocycles. The second-order valence-corrected chi connectivity index (χ2v) is 8.18. The summed E-state index contributed by atoms with van der Waals surface area (Å²) in [4.78, 5) is 24.9. The number of rotatable bonds is 2. The van der Waals surface area contributed by atoms with E-state index in [-0.39, 0.29) is 17.3 Å². The SMILES string of the molecule is C=C1CC[C@H](O)[C@@]2(C)CC[C@H]3[C@@H](OC(=O)[C@@]3(C)OC(=O)/C(C)=C\C)[C@H]12. The molecule has 0 amide bonds. The molecule has 1 heterocycles. The van der Waals surface area contributed by atoms with E-state index in [4.69, 9.17) is 9.47 Å². The number of ether oxygens (including phenoxy) is 2. The van der Waals surface area contributed by atoms with Gasteiger partial charge in [-0.05, 0) is 46.5 Å². The third-order valence-corrected chi connectivity index (χ3v) is 6.79. The van der Waals surface area contributed by atoms with Gasteiger partial charge in [-0.3, -0.25) is 0 Å². The first-order valence-electron chi connectivity index (χ1n) is 9.08. The smallest absolute Gasteiger partial charge is 0.351 e. The average molecular weight is 348 g/mol. The standard InChI is InChI=1S/C20H28O5/c1-6-11(2)17(22)25-20(5)13-9-10-19(4)14(21)8-7-12(3)15(19)16(13)24-18(20)23/h6,13-16,21H,3,7-10H2,1-2,4-5H3/b11-6-/t13-,14-,15-,16+,19+,20-/m0/s1. The number of hydrogen-bond acceptors (Lipinski definition) is 5. The number of allylic oxidation sites excluding steroid dienone is 1. The molecule has 0 aromatic carbocycles. The van der Waals surface area contributed by atoms with Gasteiger partial charge >= 0.3 is 11.9 Å². The van der Waals surface area contributed by atoms with E-state index in [1.54, 1.807) is 26.8 Å². The number of aliphatic hydroxyl groups is 1. The minimum absolute atomic E-state index is 0.0951. The van der Waals surface area contributed by atoms with Gasteiger partial charge in [0.2, 0.25) is 5.60 Å². The molecule has 6 atom stereocenters. The largest absolute Gasteiger partial charge is 0.458 e. The fraction of sp³-hybridized carbons (Fsp3) is 0.700. The highest BCUT2D eigenvalue weighted by Gasteiger charge is 2.65. The predicted molar refractivity (Wildman–Crippen MR) is 92.5 cm³/mol. The maximum absolute atomic E-state index is 12.7. The maximum Gasteiger partial charge on any atom is 0.351 e. The Kier molecular flexibility index (Phi) is 4.34. The average Bonchev–Trinajstić information content (AvgIpc) is 2.80. The third-order valence-electron chi connectivity index (χ3n) is 6.79. The number of esters is 2. The van der Waals surface area contributed by atoms with Crippen LogP contribution in [0.4, 0.5) is 0 Å². The minimum atomic E-state index is -1.28. The fourth-order valence-corrected chi connectivity index (χ4v) is 4.91. The zero-order valence-corrected chi connectivity index (χ0v) is 15.5. The molecule has 3 rings (SSSR count). The van der Waals surface area contributed by atoms with Crippen LogP contribution in [-0.2, 0) is 19.1 Å². The van der Waals surface area contributed by atoms with Crippen molar-refractivity contribution in [1.29, 1.82) is 0 Å². The van der Waals surface area contributed by atoms with Crippen LogP contribution in [0.3, 0.4) is 0 Å². The summed E-state index contributed by atoms with van der Waals surface area (Å²) in [5, 5.41) is 10.6. The van der Waals surface area contributed by atoms with Crippen molar-refractivity contribution in [1.82, 2.24) is 0 Å². The van der Waals surface area contributed by atoms with Crippen LogP contribution >= 0.6 is 0 Å². The number of aliphatic hydroxyl groups excluding tert-OH is 1. The zero-order chi connectivity index (χ0) is 18.6. The lowest BCUT2D eigenvalue weighted by molar-refractivity contribution is -0.170. The van der Waals surface area contributed by atoms with Crippen LogP contribution in [0.5, 0.6) is 0 Å². The van der Waals surface area contributed by atoms with E-state index in [9.17, 15) is 14.7 Å². The Balaban J connectivity index is 1.92. The lowest BCUT2D eigenvalue weighted by atomic mass is 9.53. The van der Waals surface area contributed by atoms with Crippen LogP contribution in [0.1, 0.15) is 53.4 Å². The molecule has 0 unspecified atom stereocenters. The van der Waals surface area contributed by atoms with Crippen molar-refractivity contribution >= 4 is 11.9 Å². The molecule has 138 valence electrons. The Labute approximate surface area is 149 Å². The summed E-state index contributed by atoms with van der Waals surface area (Å²) in [6.45, 7) is 11.3. The molecule has 0 aromatic rings. The predicted octanol–water partition coefficient (Wildman–Crippen LogP) is 2.92. The summed E-state index contributed by atoms with van der Waals surface area (Å²) in [5.74, 6) is -1.29. The van der Waals surface area contributed by atoms with E-state index in [1.807, 2.05) is 0 Å². The molecule has 1 aliphatic heterocycles. The van der Waals surface area contributed by atoms with Gasteiger partial charge < -0.3 is 14.6 Å². The van der Waals surface area contributed by atoms with Crippen LogP contribution in [0.15, 0.2) is 23.8 Å². The van der Waals surface area contributed by atoms with Gasteiger partial charge in [-0.25, -0.2) is 9.59 Å². The van der Waals surface area contributed by atoms with Crippen molar-refractivity contribution in [2.75, 3.05) is 0 Å². The van der Waals surface area contributed by atoms with Crippen molar-refractivity contribution in [2.45, 2.75) is 71.2 Å². The molecule has 5 heteroatoms. The second-order valence-electron chi connectivity index (χ2n) is 8.18. The minimum Gasteiger partial charge on any atom is -0.458 e. The Morgan fingerprint density at radius 1 is 1.40 bits per heavy atom. The van der Waals surface area contributed by atoms with Gasteiger partial charge in [-0.15, -0.1) is 0 Å². The Hall–Kier alpha value is -1.62. The van der Waals surface area contributed by atoms with Gasteiger partial charge in [0.05, 0.1) is 6.10 Å². The van der Waals surface area contributed by atoms with Crippen molar-refractivity contribution in [3.05, 3.63) is 23.8 Å². The van der Waals surface area contributed by atoms with E-state index in [2.05, 4.69) is 13.5 Å². The topological polar surface area (TPSA) is 72.8 Å². The van der Waals surface area contributed by atoms with Gasteiger partial charge in [-0.1, -0.05) is 25.2 Å². The molecule has 0 bridgehead atoms. The van der Waals surface area contributed by atoms with Crippen LogP contribution in [0, 0.1) is 17.3 Å². The number of hydrogen-bond donors (Lipinski definition) is 1. The second kappa shape index (κ2) is 5.97. The number of fused-ring (bicyclic) bond motifs is 3. The van der Waals surface area contributed by atoms with Gasteiger partial charge in [0.25, 0.3) is 0 Å². The van der Waals surface area contributed by atoms with E-state index in [0.29, 0.717) is 18.4 Å². The maximum atomic E-state index is 12.7. The van der Waals surface area contributed by atoms with Gasteiger partial charge in [0.15, 0.2) is 0 Å². The highest BCUT2D eigenvalue weighted by atomic mass is 16.6. The van der Waals surface area contributed by atoms with Gasteiger partial charge in [0.1, 0.15) is 6.10 Å². The van der Waals surface area contributed by atoms with Gasteiger partial charge in [0, 0.05) is 22.8 Å². The molecule has 1 saturated heterocycles. The lowest BCUT2D eigenvalue weighted by Gasteiger charge is -2.53. The number of carbonyl (C=O) groups is 2. The van der Waals surface area contributed by atoms with Crippen molar-refractivity contribution in [3.8, 4) is 0 Å². The molecule has 3 fully saturated rings. The van der Waals surface area contributed by atoms with Crippen LogP contribution < -0.4 is 0 Å². The molecule has 0 radical (unpaired) electrons. The quantitative estimate of drug-likeness (QED) is 0.472. The third kappa shape index (κ3) is 2.55. The summed E-state index contributed by atoms with van der Waals surface area (Å²) >= 11 is 0. The van der Waals surface area contributed by atoms with Gasteiger partial charge in [-0.2, -0.15) is 0 Å². The summed E-state index contributed by atoms with van der Waals surface area (Å²) in [7, 11) is 0. The summed E-state index contributed by atoms with van der Waals surface area (Å²) in [6.07, 6.45) is 3.71. The Bertz CT molecular complexity index is 650. The van der Waals surface area contributed by atoms with E-state index < -0.39 is 29.7 Å². The molecule has 0 spiro atoms. The molecule has 2 saturated carbocycles. The summed E-state index contributed by atoms with van der Waals surface area (Å²) < 4.78 is 11.4. The molecule has 5 nitrogen and oxygen atoms in total. The molecule has 25 heavy (non-hydrogen) atoms. The van der Waals surface area contributed by atoms with Crippen molar-refractivity contribution in [2.24, 2.45) is 17.3 Å². The van der Waals surface area contributed by atoms with E-state index in [0.717, 1.165) is 18.4 Å². The first kappa shape index (κ1) is 18.2. The number of carbonyl (C=O) groups excluding carboxylic acids is 2. The monoisotopic (exact) mass is 348 g/mol. The Morgan fingerprint density at radius 3 is 2.72 bits per heavy atom. The highest BCUT2D eigenvalue weighted by molar-refractivity contribution is 5.92. The molecule has 2 aliphatic carbocycles. The van der Waals surface area contributed by atoms with Crippen LogP contribution in [0.25, 0.3) is 0 Å². The molecule has 1 N–H and O–H groups in total. The first-order chi connectivity index (χ1) is 11.6. The normalized spacial score (nSPS) is 44.0. The highest BCUT2D eigenvalue weighted by Crippen LogP contribution is 2.58. The summed E-state index contributed by atoms with van der Waals surface area (Å²) in [5.41, 5.74) is -0.132. The molecular formula is C20H28O5. The fourth-order valence-electron chi connectivity index (χ4n) is 4.91. The van der Waals surface area contributed by atoms with Crippen molar-refractivity contribution in [3.63, 3.8) is 0 Å². The van der Waals surface area contributed by atoms with E-state index >= 15 is 0 Å². The van der Waals surface area contributed by atoms with Crippen LogP contribution in [0.2, 0.25) is 0 Å². The van der Waals surface area contributed by atoms with E-state index in [1.165, 1.54) is 0 Å². The molecule has 3 aliphatic rings. The molecular weight excluding hydrogens is 320 g/mol. The van der Waals surface area contributed by atoms with Crippen LogP contribution in [-0.4, -0.2) is 34.9 Å². The summed E-state index contributed by atoms with van der Waals surface area (Å²) in [6, 6.07) is 0. The zero-order valence-electron chi connectivity index (χ0n) is 15.5. The Morgan fingerprint density at radius 2 is 2.08 bits per heavy atom. The van der Waals surface area contributed by atoms with Crippen molar-refractivity contribution < 1.29 is 24.2 Å². The first-order valence-corrected chi connectivity index (χ1v) is 9.08. The lowest BCUT2D eigenvalue weighted by Crippen LogP contribution is -2.55.